The minimum atomic E-state index is -4.46. The SMILES string of the molecule is COc1cc(N2CCN(Cc3ccccc3C(F)(F)F)C2=O)ccc1-c1ccncc1. The van der Waals surface area contributed by atoms with Crippen LogP contribution in [0.3, 0.4) is 0 Å². The lowest BCUT2D eigenvalue weighted by Gasteiger charge is -2.21. The molecule has 1 fully saturated rings. The van der Waals surface area contributed by atoms with E-state index in [1.807, 2.05) is 24.3 Å². The fourth-order valence-electron chi connectivity index (χ4n) is 3.73. The van der Waals surface area contributed by atoms with Gasteiger partial charge in [-0.1, -0.05) is 18.2 Å². The van der Waals surface area contributed by atoms with E-state index >= 15 is 0 Å². The Bertz CT molecular complexity index is 1090. The summed E-state index contributed by atoms with van der Waals surface area (Å²) in [6.45, 7) is 0.613. The molecule has 2 aromatic carbocycles. The van der Waals surface area contributed by atoms with Crippen molar-refractivity contribution in [1.82, 2.24) is 9.88 Å². The number of hydrogen-bond acceptors (Lipinski definition) is 3. The summed E-state index contributed by atoms with van der Waals surface area (Å²) >= 11 is 0. The molecular weight excluding hydrogens is 407 g/mol. The van der Waals surface area contributed by atoms with Crippen LogP contribution in [0.4, 0.5) is 23.7 Å². The molecule has 0 aliphatic carbocycles. The average molecular weight is 427 g/mol. The van der Waals surface area contributed by atoms with Crippen LogP contribution in [0.15, 0.2) is 67.0 Å². The molecule has 0 radical (unpaired) electrons. The van der Waals surface area contributed by atoms with Crippen LogP contribution in [0, 0.1) is 0 Å². The zero-order valence-corrected chi connectivity index (χ0v) is 16.8. The fourth-order valence-corrected chi connectivity index (χ4v) is 3.73. The molecule has 0 atom stereocenters. The molecule has 1 aliphatic rings. The van der Waals surface area contributed by atoms with Gasteiger partial charge in [0.2, 0.25) is 0 Å². The molecule has 1 saturated heterocycles. The van der Waals surface area contributed by atoms with Crippen molar-refractivity contribution in [3.63, 3.8) is 0 Å². The maximum atomic E-state index is 13.3. The minimum Gasteiger partial charge on any atom is -0.496 e. The van der Waals surface area contributed by atoms with Gasteiger partial charge in [0.05, 0.1) is 12.7 Å². The highest BCUT2D eigenvalue weighted by molar-refractivity contribution is 5.95. The molecule has 0 spiro atoms. The number of hydrogen-bond donors (Lipinski definition) is 0. The zero-order chi connectivity index (χ0) is 22.0. The number of anilines is 1. The highest BCUT2D eigenvalue weighted by Gasteiger charge is 2.35. The highest BCUT2D eigenvalue weighted by Crippen LogP contribution is 2.36. The topological polar surface area (TPSA) is 45.7 Å². The van der Waals surface area contributed by atoms with Gasteiger partial charge in [0.25, 0.3) is 0 Å². The van der Waals surface area contributed by atoms with Gasteiger partial charge in [-0.2, -0.15) is 13.2 Å². The molecule has 5 nitrogen and oxygen atoms in total. The Morgan fingerprint density at radius 1 is 1.03 bits per heavy atom. The molecule has 2 amide bonds. The first-order valence-electron chi connectivity index (χ1n) is 9.68. The predicted octanol–water partition coefficient (Wildman–Crippen LogP) is 5.22. The van der Waals surface area contributed by atoms with E-state index in [-0.39, 0.29) is 18.1 Å². The van der Waals surface area contributed by atoms with Crippen molar-refractivity contribution in [2.45, 2.75) is 12.7 Å². The van der Waals surface area contributed by atoms with Crippen molar-refractivity contribution in [3.8, 4) is 16.9 Å². The number of alkyl halides is 3. The third kappa shape index (κ3) is 4.19. The van der Waals surface area contributed by atoms with Gasteiger partial charge < -0.3 is 9.64 Å². The van der Waals surface area contributed by atoms with Crippen molar-refractivity contribution < 1.29 is 22.7 Å². The number of amides is 2. The third-order valence-corrected chi connectivity index (χ3v) is 5.27. The second-order valence-corrected chi connectivity index (χ2v) is 7.13. The highest BCUT2D eigenvalue weighted by atomic mass is 19.4. The smallest absolute Gasteiger partial charge is 0.416 e. The van der Waals surface area contributed by atoms with E-state index in [1.54, 1.807) is 36.5 Å². The van der Waals surface area contributed by atoms with Crippen LogP contribution < -0.4 is 9.64 Å². The van der Waals surface area contributed by atoms with Crippen LogP contribution in [0.5, 0.6) is 5.75 Å². The van der Waals surface area contributed by atoms with E-state index in [0.717, 1.165) is 17.2 Å². The number of methoxy groups -OCH3 is 1. The number of urea groups is 1. The molecule has 8 heteroatoms. The normalized spacial score (nSPS) is 14.3. The van der Waals surface area contributed by atoms with Crippen LogP contribution >= 0.6 is 0 Å². The van der Waals surface area contributed by atoms with Gasteiger partial charge in [0.1, 0.15) is 5.75 Å². The molecule has 0 unspecified atom stereocenters. The van der Waals surface area contributed by atoms with E-state index in [4.69, 9.17) is 4.74 Å². The lowest BCUT2D eigenvalue weighted by molar-refractivity contribution is -0.138. The largest absolute Gasteiger partial charge is 0.496 e. The number of halogens is 3. The molecular formula is C23H20F3N3O2. The molecule has 0 bridgehead atoms. The first kappa shape index (κ1) is 20.7. The van der Waals surface area contributed by atoms with E-state index in [9.17, 15) is 18.0 Å². The number of carbonyl (C=O) groups is 1. The van der Waals surface area contributed by atoms with Gasteiger partial charge in [-0.15, -0.1) is 0 Å². The lowest BCUT2D eigenvalue weighted by atomic mass is 10.1. The van der Waals surface area contributed by atoms with E-state index in [0.29, 0.717) is 24.5 Å². The second kappa shape index (κ2) is 8.29. The number of benzene rings is 2. The van der Waals surface area contributed by atoms with Gasteiger partial charge in [-0.3, -0.25) is 9.88 Å². The molecule has 160 valence electrons. The zero-order valence-electron chi connectivity index (χ0n) is 16.8. The molecule has 3 aromatic rings. The first-order chi connectivity index (χ1) is 14.9. The van der Waals surface area contributed by atoms with E-state index in [1.165, 1.54) is 17.0 Å². The Hall–Kier alpha value is -3.55. The summed E-state index contributed by atoms with van der Waals surface area (Å²) in [5.41, 5.74) is 1.78. The number of ether oxygens (including phenoxy) is 1. The number of rotatable bonds is 5. The fraction of sp³-hybridized carbons (Fsp3) is 0.217. The second-order valence-electron chi connectivity index (χ2n) is 7.13. The quantitative estimate of drug-likeness (QED) is 0.561. The maximum Gasteiger partial charge on any atom is 0.416 e. The predicted molar refractivity (Wildman–Crippen MR) is 111 cm³/mol. The molecule has 4 rings (SSSR count). The maximum absolute atomic E-state index is 13.3. The monoisotopic (exact) mass is 427 g/mol. The van der Waals surface area contributed by atoms with Gasteiger partial charge in [0.15, 0.2) is 0 Å². The van der Waals surface area contributed by atoms with Crippen LogP contribution in [0.25, 0.3) is 11.1 Å². The number of pyridine rings is 1. The molecule has 2 heterocycles. The van der Waals surface area contributed by atoms with Crippen LogP contribution in [0.1, 0.15) is 11.1 Å². The molecule has 31 heavy (non-hydrogen) atoms. The summed E-state index contributed by atoms with van der Waals surface area (Å²) in [6, 6.07) is 14.2. The summed E-state index contributed by atoms with van der Waals surface area (Å²) in [5.74, 6) is 0.595. The minimum absolute atomic E-state index is 0.0795. The van der Waals surface area contributed by atoms with Crippen molar-refractivity contribution in [2.24, 2.45) is 0 Å². The standard InChI is InChI=1S/C23H20F3N3O2/c1-31-21-14-18(6-7-19(21)16-8-10-27-11-9-16)29-13-12-28(22(29)30)15-17-4-2-3-5-20(17)23(24,25)26/h2-11,14H,12-13,15H2,1H3. The van der Waals surface area contributed by atoms with Crippen molar-refractivity contribution >= 4 is 11.7 Å². The Morgan fingerprint density at radius 3 is 2.48 bits per heavy atom. The van der Waals surface area contributed by atoms with Gasteiger partial charge >= 0.3 is 12.2 Å². The van der Waals surface area contributed by atoms with Crippen molar-refractivity contribution in [1.29, 1.82) is 0 Å². The number of carbonyl (C=O) groups excluding carboxylic acids is 1. The summed E-state index contributed by atoms with van der Waals surface area (Å²) in [7, 11) is 1.55. The van der Waals surface area contributed by atoms with Gasteiger partial charge in [-0.05, 0) is 41.5 Å². The summed E-state index contributed by atoms with van der Waals surface area (Å²) in [5, 5.41) is 0. The Balaban J connectivity index is 1.56. The molecule has 1 aromatic heterocycles. The van der Waals surface area contributed by atoms with Gasteiger partial charge in [-0.25, -0.2) is 4.79 Å². The first-order valence-corrected chi connectivity index (χ1v) is 9.68. The van der Waals surface area contributed by atoms with Crippen molar-refractivity contribution in [2.75, 3.05) is 25.1 Å². The summed E-state index contributed by atoms with van der Waals surface area (Å²) in [6.07, 6.45) is -1.10. The molecule has 1 aliphatic heterocycles. The Labute approximate surface area is 177 Å². The summed E-state index contributed by atoms with van der Waals surface area (Å²) in [4.78, 5) is 19.9. The average Bonchev–Trinajstić information content (AvgIpc) is 3.13. The van der Waals surface area contributed by atoms with Crippen molar-refractivity contribution in [3.05, 3.63) is 78.1 Å². The molecule has 0 N–H and O–H groups in total. The van der Waals surface area contributed by atoms with Crippen LogP contribution in [-0.2, 0) is 12.7 Å². The Kier molecular flexibility index (Phi) is 5.54. The number of nitrogens with zero attached hydrogens (tertiary/aromatic N) is 3. The Morgan fingerprint density at radius 2 is 1.77 bits per heavy atom. The van der Waals surface area contributed by atoms with E-state index < -0.39 is 11.7 Å². The van der Waals surface area contributed by atoms with Crippen LogP contribution in [-0.4, -0.2) is 36.1 Å². The van der Waals surface area contributed by atoms with E-state index in [2.05, 4.69) is 4.98 Å². The van der Waals surface area contributed by atoms with Gasteiger partial charge in [0, 0.05) is 49.3 Å². The third-order valence-electron chi connectivity index (χ3n) is 5.27. The lowest BCUT2D eigenvalue weighted by Crippen LogP contribution is -2.32. The summed E-state index contributed by atoms with van der Waals surface area (Å²) < 4.78 is 45.4. The molecule has 0 saturated carbocycles. The van der Waals surface area contributed by atoms with Crippen LogP contribution in [0.2, 0.25) is 0 Å². The number of aromatic nitrogens is 1.